The Morgan fingerprint density at radius 2 is 1.85 bits per heavy atom. The van der Waals surface area contributed by atoms with E-state index in [-0.39, 0.29) is 30.2 Å². The van der Waals surface area contributed by atoms with Crippen LogP contribution in [-0.4, -0.2) is 67.4 Å². The van der Waals surface area contributed by atoms with Gasteiger partial charge in [0.25, 0.3) is 0 Å². The van der Waals surface area contributed by atoms with Crippen LogP contribution in [0, 0.1) is 13.8 Å². The smallest absolute Gasteiger partial charge is 0.240 e. The second-order valence-corrected chi connectivity index (χ2v) is 13.0. The Labute approximate surface area is 278 Å². The third-order valence-electron chi connectivity index (χ3n) is 8.37. The Hall–Kier alpha value is -3.99. The number of nitrogens with one attached hydrogen (secondary N) is 1. The molecule has 11 heteroatoms. The number of halogens is 1. The van der Waals surface area contributed by atoms with E-state index in [1.165, 1.54) is 11.8 Å². The van der Waals surface area contributed by atoms with E-state index in [0.29, 0.717) is 46.7 Å². The summed E-state index contributed by atoms with van der Waals surface area (Å²) in [6.07, 6.45) is 1.84. The molecule has 2 aliphatic heterocycles. The van der Waals surface area contributed by atoms with Gasteiger partial charge in [-0.25, -0.2) is 4.68 Å². The molecule has 0 bridgehead atoms. The fourth-order valence-corrected chi connectivity index (χ4v) is 7.71. The van der Waals surface area contributed by atoms with Gasteiger partial charge in [-0.1, -0.05) is 53.6 Å². The molecule has 2 amide bonds. The molecule has 9 nitrogen and oxygen atoms in total. The first-order chi connectivity index (χ1) is 22.3. The van der Waals surface area contributed by atoms with Crippen molar-refractivity contribution < 1.29 is 23.8 Å². The summed E-state index contributed by atoms with van der Waals surface area (Å²) >= 11 is 8.31. The van der Waals surface area contributed by atoms with E-state index < -0.39 is 5.25 Å². The number of amides is 2. The lowest BCUT2D eigenvalue weighted by Crippen LogP contribution is -2.44. The van der Waals surface area contributed by atoms with E-state index in [9.17, 15) is 9.59 Å². The number of ether oxygens (including phenoxy) is 3. The van der Waals surface area contributed by atoms with Crippen LogP contribution in [-0.2, 0) is 14.3 Å². The van der Waals surface area contributed by atoms with Gasteiger partial charge in [-0.3, -0.25) is 14.5 Å². The van der Waals surface area contributed by atoms with Crippen LogP contribution < -0.4 is 19.7 Å². The molecule has 3 aromatic carbocycles. The number of anilines is 1. The van der Waals surface area contributed by atoms with Crippen LogP contribution in [0.4, 0.5) is 5.82 Å². The molecular formula is C35H37ClN4O5S. The summed E-state index contributed by atoms with van der Waals surface area (Å²) in [5.74, 6) is 1.26. The predicted octanol–water partition coefficient (Wildman–Crippen LogP) is 6.29. The number of hydrogen-bond donors (Lipinski definition) is 1. The topological polar surface area (TPSA) is 94.9 Å². The summed E-state index contributed by atoms with van der Waals surface area (Å²) in [5.41, 5.74) is 5.62. The quantitative estimate of drug-likeness (QED) is 0.225. The molecule has 0 radical (unpaired) electrons. The minimum Gasteiger partial charge on any atom is -0.496 e. The molecule has 0 aliphatic carbocycles. The fraction of sp³-hybridized carbons (Fsp3) is 0.343. The predicted molar refractivity (Wildman–Crippen MR) is 182 cm³/mol. The third kappa shape index (κ3) is 6.21. The van der Waals surface area contributed by atoms with Crippen molar-refractivity contribution in [2.24, 2.45) is 0 Å². The number of aryl methyl sites for hydroxylation is 2. The molecule has 2 atom stereocenters. The number of hydrogen-bond acceptors (Lipinski definition) is 7. The van der Waals surface area contributed by atoms with E-state index >= 15 is 0 Å². The minimum atomic E-state index is -0.406. The fourth-order valence-electron chi connectivity index (χ4n) is 6.17. The Kier molecular flexibility index (Phi) is 9.58. The summed E-state index contributed by atoms with van der Waals surface area (Å²) in [6.45, 7) is 4.94. The van der Waals surface area contributed by atoms with Crippen LogP contribution in [0.3, 0.4) is 0 Å². The number of fused-ring (bicyclic) bond motifs is 1. The van der Waals surface area contributed by atoms with Gasteiger partial charge in [0, 0.05) is 23.7 Å². The van der Waals surface area contributed by atoms with Crippen LogP contribution in [0.2, 0.25) is 5.02 Å². The molecule has 1 fully saturated rings. The average molecular weight is 661 g/mol. The molecule has 1 N–H and O–H groups in total. The van der Waals surface area contributed by atoms with E-state index in [4.69, 9.17) is 30.9 Å². The van der Waals surface area contributed by atoms with Gasteiger partial charge < -0.3 is 19.5 Å². The number of methoxy groups -OCH3 is 2. The largest absolute Gasteiger partial charge is 0.496 e. The van der Waals surface area contributed by atoms with Crippen LogP contribution in [0.1, 0.15) is 40.3 Å². The highest BCUT2D eigenvalue weighted by Gasteiger charge is 2.40. The van der Waals surface area contributed by atoms with Gasteiger partial charge in [0.2, 0.25) is 11.8 Å². The van der Waals surface area contributed by atoms with Gasteiger partial charge in [0.1, 0.15) is 29.6 Å². The van der Waals surface area contributed by atoms with Crippen molar-refractivity contribution in [1.29, 1.82) is 0 Å². The highest BCUT2D eigenvalue weighted by atomic mass is 35.5. The van der Waals surface area contributed by atoms with Gasteiger partial charge in [-0.2, -0.15) is 5.10 Å². The first-order valence-electron chi connectivity index (χ1n) is 15.3. The van der Waals surface area contributed by atoms with Crippen molar-refractivity contribution >= 4 is 41.0 Å². The van der Waals surface area contributed by atoms with Crippen LogP contribution in [0.5, 0.6) is 11.5 Å². The van der Waals surface area contributed by atoms with Crippen LogP contribution in [0.15, 0.2) is 60.7 Å². The average Bonchev–Trinajstić information content (AvgIpc) is 3.68. The summed E-state index contributed by atoms with van der Waals surface area (Å²) in [5, 5.41) is 8.40. The number of benzene rings is 3. The van der Waals surface area contributed by atoms with Gasteiger partial charge >= 0.3 is 0 Å². The second kappa shape index (κ2) is 13.8. The number of aromatic nitrogens is 2. The van der Waals surface area contributed by atoms with E-state index in [1.54, 1.807) is 23.8 Å². The molecule has 240 valence electrons. The molecule has 1 aromatic heterocycles. The normalized spacial score (nSPS) is 17.8. The summed E-state index contributed by atoms with van der Waals surface area (Å²) in [4.78, 5) is 29.2. The number of carbonyl (C=O) groups excluding carboxylic acids is 2. The molecule has 3 heterocycles. The van der Waals surface area contributed by atoms with Crippen molar-refractivity contribution in [3.05, 3.63) is 87.9 Å². The Morgan fingerprint density at radius 3 is 2.52 bits per heavy atom. The number of rotatable bonds is 9. The standard InChI is InChI=1S/C35H37ClN4O5S/c1-21-14-15-26(22(2)17-21)40-35-32(33(38-40)31-27(43-3)12-7-13-28(31)44-4)34(24-10-5-6-11-25(24)36)46-20-30(42)39(35)19-29(41)37-18-23-9-8-16-45-23/h5-7,10-15,17,23,34H,8-9,16,18-20H2,1-4H3,(H,37,41)/t23-,34-/m0/s1. The highest BCUT2D eigenvalue weighted by molar-refractivity contribution is 8.00. The summed E-state index contributed by atoms with van der Waals surface area (Å²) in [7, 11) is 3.21. The third-order valence-corrected chi connectivity index (χ3v) is 9.96. The maximum atomic E-state index is 14.1. The lowest BCUT2D eigenvalue weighted by Gasteiger charge is -2.24. The Morgan fingerprint density at radius 1 is 1.09 bits per heavy atom. The molecular weight excluding hydrogens is 624 g/mol. The second-order valence-electron chi connectivity index (χ2n) is 11.5. The summed E-state index contributed by atoms with van der Waals surface area (Å²) in [6, 6.07) is 19.3. The SMILES string of the molecule is COc1cccc(OC)c1-c1nn(-c2ccc(C)cc2C)c2c1[C@H](c1ccccc1Cl)SCC(=O)N2CC(=O)NC[C@@H]1CCCO1. The first-order valence-corrected chi connectivity index (χ1v) is 16.7. The van der Waals surface area contributed by atoms with Crippen molar-refractivity contribution in [3.63, 3.8) is 0 Å². The molecule has 46 heavy (non-hydrogen) atoms. The van der Waals surface area contributed by atoms with Crippen molar-refractivity contribution in [2.75, 3.05) is 44.6 Å². The molecule has 0 unspecified atom stereocenters. The Bertz CT molecular complexity index is 1750. The number of nitrogens with zero attached hydrogens (tertiary/aromatic N) is 3. The van der Waals surface area contributed by atoms with Crippen LogP contribution >= 0.6 is 23.4 Å². The maximum Gasteiger partial charge on any atom is 0.240 e. The van der Waals surface area contributed by atoms with Gasteiger partial charge in [-0.15, -0.1) is 11.8 Å². The van der Waals surface area contributed by atoms with E-state index in [0.717, 1.165) is 40.8 Å². The van der Waals surface area contributed by atoms with Crippen molar-refractivity contribution in [3.8, 4) is 28.4 Å². The Balaban J connectivity index is 1.62. The van der Waals surface area contributed by atoms with E-state index in [2.05, 4.69) is 11.4 Å². The van der Waals surface area contributed by atoms with Gasteiger partial charge in [-0.05, 0) is 62.1 Å². The monoisotopic (exact) mass is 660 g/mol. The molecule has 2 aliphatic rings. The molecule has 6 rings (SSSR count). The maximum absolute atomic E-state index is 14.1. The molecule has 0 saturated carbocycles. The van der Waals surface area contributed by atoms with Gasteiger partial charge in [0.05, 0.1) is 42.6 Å². The molecule has 1 saturated heterocycles. The van der Waals surface area contributed by atoms with Gasteiger partial charge in [0.15, 0.2) is 0 Å². The number of thioether (sulfide) groups is 1. The molecule has 4 aromatic rings. The summed E-state index contributed by atoms with van der Waals surface area (Å²) < 4.78 is 19.2. The zero-order valence-electron chi connectivity index (χ0n) is 26.3. The van der Waals surface area contributed by atoms with Crippen LogP contribution in [0.25, 0.3) is 16.9 Å². The zero-order chi connectivity index (χ0) is 32.4. The first kappa shape index (κ1) is 32.0. The lowest BCUT2D eigenvalue weighted by atomic mass is 9.98. The lowest BCUT2D eigenvalue weighted by molar-refractivity contribution is -0.123. The van der Waals surface area contributed by atoms with Crippen molar-refractivity contribution in [2.45, 2.75) is 38.0 Å². The highest BCUT2D eigenvalue weighted by Crippen LogP contribution is 2.52. The molecule has 0 spiro atoms. The number of carbonyl (C=O) groups is 2. The van der Waals surface area contributed by atoms with Crippen molar-refractivity contribution in [1.82, 2.24) is 15.1 Å². The minimum absolute atomic E-state index is 0.0233. The zero-order valence-corrected chi connectivity index (χ0v) is 27.9. The van der Waals surface area contributed by atoms with E-state index in [1.807, 2.05) is 68.4 Å².